The monoisotopic (exact) mass is 132 g/mol. The van der Waals surface area contributed by atoms with Crippen molar-refractivity contribution in [3.05, 3.63) is 0 Å². The molecule has 0 fully saturated rings. The molecule has 0 spiro atoms. The molecule has 0 aliphatic rings. The van der Waals surface area contributed by atoms with E-state index in [1.54, 1.807) is 6.92 Å². The molecule has 3 heteroatoms. The Morgan fingerprint density at radius 1 is 1.11 bits per heavy atom. The van der Waals surface area contributed by atoms with Crippen LogP contribution in [0.1, 0.15) is 20.8 Å². The molecule has 0 aliphatic carbocycles. The topological polar surface area (TPSA) is 61.3 Å². The number of hydrogen-bond acceptors (Lipinski definition) is 3. The Hall–Kier alpha value is -0.120. The Kier molecular flexibility index (Phi) is 3.77. The van der Waals surface area contributed by atoms with Crippen molar-refractivity contribution in [2.24, 2.45) is 17.4 Å². The van der Waals surface area contributed by atoms with Crippen molar-refractivity contribution in [1.82, 2.24) is 0 Å². The first-order valence-corrected chi connectivity index (χ1v) is 3.20. The fourth-order valence-corrected chi connectivity index (χ4v) is 0.405. The average Bonchev–Trinajstić information content (AvgIpc) is 1.63. The first kappa shape index (κ1) is 8.88. The van der Waals surface area contributed by atoms with Gasteiger partial charge in [-0.3, -0.25) is 0 Å². The van der Waals surface area contributed by atoms with Gasteiger partial charge in [-0.2, -0.15) is 0 Å². The van der Waals surface area contributed by atoms with Gasteiger partial charge in [0.05, 0.1) is 0 Å². The molecule has 0 heterocycles. The van der Waals surface area contributed by atoms with E-state index in [-0.39, 0.29) is 12.5 Å². The molecule has 2 unspecified atom stereocenters. The molecule has 0 aromatic rings. The average molecular weight is 132 g/mol. The molecule has 0 amide bonds. The van der Waals surface area contributed by atoms with Crippen LogP contribution in [-0.2, 0) is 4.74 Å². The van der Waals surface area contributed by atoms with Crippen LogP contribution in [0.25, 0.3) is 0 Å². The second-order valence-electron chi connectivity index (χ2n) is 2.55. The van der Waals surface area contributed by atoms with Crippen molar-refractivity contribution in [3.63, 3.8) is 0 Å². The van der Waals surface area contributed by atoms with Gasteiger partial charge in [-0.05, 0) is 12.8 Å². The van der Waals surface area contributed by atoms with Crippen LogP contribution >= 0.6 is 0 Å². The lowest BCUT2D eigenvalue weighted by Crippen LogP contribution is -2.36. The summed E-state index contributed by atoms with van der Waals surface area (Å²) in [6, 6.07) is 0. The number of ether oxygens (including phenoxy) is 1. The van der Waals surface area contributed by atoms with Crippen molar-refractivity contribution in [2.75, 3.05) is 0 Å². The molecule has 0 rings (SSSR count). The molecular weight excluding hydrogens is 116 g/mol. The second-order valence-corrected chi connectivity index (χ2v) is 2.55. The highest BCUT2D eigenvalue weighted by molar-refractivity contribution is 4.53. The van der Waals surface area contributed by atoms with E-state index in [9.17, 15) is 0 Å². The minimum absolute atomic E-state index is 0.231. The van der Waals surface area contributed by atoms with E-state index in [0.29, 0.717) is 5.92 Å². The van der Waals surface area contributed by atoms with Crippen LogP contribution in [0.15, 0.2) is 0 Å². The Morgan fingerprint density at radius 2 is 1.56 bits per heavy atom. The lowest BCUT2D eigenvalue weighted by Gasteiger charge is -2.18. The maximum absolute atomic E-state index is 5.52. The maximum atomic E-state index is 5.52. The zero-order valence-electron chi connectivity index (χ0n) is 6.29. The lowest BCUT2D eigenvalue weighted by molar-refractivity contribution is -0.0197. The first-order chi connectivity index (χ1) is 4.04. The Bertz CT molecular complexity index is 73.5. The number of rotatable bonds is 3. The Morgan fingerprint density at radius 3 is 1.67 bits per heavy atom. The third-order valence-corrected chi connectivity index (χ3v) is 1.03. The molecule has 0 aromatic carbocycles. The molecule has 9 heavy (non-hydrogen) atoms. The van der Waals surface area contributed by atoms with E-state index >= 15 is 0 Å². The van der Waals surface area contributed by atoms with Gasteiger partial charge in [0.2, 0.25) is 0 Å². The van der Waals surface area contributed by atoms with Gasteiger partial charge in [-0.25, -0.2) is 0 Å². The van der Waals surface area contributed by atoms with Gasteiger partial charge < -0.3 is 16.2 Å². The summed E-state index contributed by atoms with van der Waals surface area (Å²) in [7, 11) is 0. The van der Waals surface area contributed by atoms with Gasteiger partial charge >= 0.3 is 0 Å². The van der Waals surface area contributed by atoms with Crippen molar-refractivity contribution in [2.45, 2.75) is 33.2 Å². The molecule has 0 aliphatic heterocycles. The van der Waals surface area contributed by atoms with E-state index < -0.39 is 0 Å². The van der Waals surface area contributed by atoms with Gasteiger partial charge in [-0.1, -0.05) is 13.8 Å². The molecule has 0 aromatic heterocycles. The van der Waals surface area contributed by atoms with Crippen molar-refractivity contribution in [3.8, 4) is 0 Å². The van der Waals surface area contributed by atoms with Gasteiger partial charge in [0, 0.05) is 0 Å². The largest absolute Gasteiger partial charge is 0.346 e. The Balaban J connectivity index is 3.38. The molecule has 3 nitrogen and oxygen atoms in total. The van der Waals surface area contributed by atoms with Crippen molar-refractivity contribution < 1.29 is 4.74 Å². The molecular formula is C6H16N2O. The van der Waals surface area contributed by atoms with Gasteiger partial charge in [-0.15, -0.1) is 0 Å². The van der Waals surface area contributed by atoms with Crippen LogP contribution in [-0.4, -0.2) is 12.5 Å². The minimum atomic E-state index is -0.262. The first-order valence-electron chi connectivity index (χ1n) is 3.20. The lowest BCUT2D eigenvalue weighted by atomic mass is 10.2. The van der Waals surface area contributed by atoms with E-state index in [4.69, 9.17) is 16.2 Å². The Labute approximate surface area is 56.4 Å². The van der Waals surface area contributed by atoms with Crippen LogP contribution < -0.4 is 11.5 Å². The van der Waals surface area contributed by atoms with E-state index in [0.717, 1.165) is 0 Å². The zero-order valence-corrected chi connectivity index (χ0v) is 6.29. The van der Waals surface area contributed by atoms with E-state index in [2.05, 4.69) is 0 Å². The van der Waals surface area contributed by atoms with Crippen LogP contribution in [0.5, 0.6) is 0 Å². The highest BCUT2D eigenvalue weighted by atomic mass is 16.5. The van der Waals surface area contributed by atoms with Gasteiger partial charge in [0.15, 0.2) is 0 Å². The fourth-order valence-electron chi connectivity index (χ4n) is 0.405. The van der Waals surface area contributed by atoms with Gasteiger partial charge in [0.25, 0.3) is 0 Å². The normalized spacial score (nSPS) is 18.0. The van der Waals surface area contributed by atoms with Crippen molar-refractivity contribution in [1.29, 1.82) is 0 Å². The summed E-state index contributed by atoms with van der Waals surface area (Å²) in [5, 5.41) is 0. The van der Waals surface area contributed by atoms with Crippen LogP contribution in [0.3, 0.4) is 0 Å². The highest BCUT2D eigenvalue weighted by Gasteiger charge is 2.08. The smallest absolute Gasteiger partial charge is 0.110 e. The summed E-state index contributed by atoms with van der Waals surface area (Å²) in [6.07, 6.45) is -0.493. The van der Waals surface area contributed by atoms with E-state index in [1.165, 1.54) is 0 Å². The fraction of sp³-hybridized carbons (Fsp3) is 1.00. The summed E-state index contributed by atoms with van der Waals surface area (Å²) in [4.78, 5) is 0. The summed E-state index contributed by atoms with van der Waals surface area (Å²) in [5.41, 5.74) is 10.8. The zero-order chi connectivity index (χ0) is 7.44. The van der Waals surface area contributed by atoms with Crippen molar-refractivity contribution >= 4 is 0 Å². The second kappa shape index (κ2) is 3.82. The van der Waals surface area contributed by atoms with E-state index in [1.807, 2.05) is 13.8 Å². The highest BCUT2D eigenvalue weighted by Crippen LogP contribution is 2.00. The van der Waals surface area contributed by atoms with Crippen LogP contribution in [0.4, 0.5) is 0 Å². The van der Waals surface area contributed by atoms with Crippen LogP contribution in [0, 0.1) is 5.92 Å². The summed E-state index contributed by atoms with van der Waals surface area (Å²) in [5.74, 6) is 0.330. The molecule has 56 valence electrons. The molecule has 2 atom stereocenters. The molecule has 0 radical (unpaired) electrons. The number of hydrogen-bond donors (Lipinski definition) is 2. The molecule has 0 saturated heterocycles. The number of nitrogens with two attached hydrogens (primary N) is 2. The SMILES string of the molecule is CC(N)OC(N)C(C)C. The molecule has 4 N–H and O–H groups in total. The van der Waals surface area contributed by atoms with Crippen LogP contribution in [0.2, 0.25) is 0 Å². The van der Waals surface area contributed by atoms with Gasteiger partial charge in [0.1, 0.15) is 12.5 Å². The third kappa shape index (κ3) is 4.39. The predicted octanol–water partition coefficient (Wildman–Crippen LogP) is 0.248. The quantitative estimate of drug-likeness (QED) is 0.541. The predicted molar refractivity (Wildman–Crippen MR) is 37.5 cm³/mol. The maximum Gasteiger partial charge on any atom is 0.110 e. The third-order valence-electron chi connectivity index (χ3n) is 1.03. The molecule has 0 saturated carbocycles. The summed E-state index contributed by atoms with van der Waals surface area (Å²) >= 11 is 0. The summed E-state index contributed by atoms with van der Waals surface area (Å²) in [6.45, 7) is 5.75. The molecule has 0 bridgehead atoms. The standard InChI is InChI=1S/C6H16N2O/c1-4(2)6(8)9-5(3)7/h4-6H,7-8H2,1-3H3. The summed E-state index contributed by atoms with van der Waals surface area (Å²) < 4.78 is 5.07. The minimum Gasteiger partial charge on any atom is -0.346 e.